The van der Waals surface area contributed by atoms with E-state index in [1.54, 1.807) is 0 Å². The number of rotatable bonds is 14. The van der Waals surface area contributed by atoms with E-state index >= 15 is 0 Å². The number of thiocarbonyl (C=S) groups is 1. The van der Waals surface area contributed by atoms with Crippen LogP contribution in [0.2, 0.25) is 6.82 Å². The molecule has 33 heavy (non-hydrogen) atoms. The average molecular weight is 468 g/mol. The minimum absolute atomic E-state index is 0.0122. The predicted molar refractivity (Wildman–Crippen MR) is 149 cm³/mol. The molecule has 5 nitrogen and oxygen atoms in total. The Labute approximate surface area is 206 Å². The van der Waals surface area contributed by atoms with E-state index in [1.165, 1.54) is 0 Å². The van der Waals surface area contributed by atoms with Gasteiger partial charge < -0.3 is 16.0 Å². The number of hydrogen-bond donors (Lipinski definition) is 3. The maximum absolute atomic E-state index is 11.9. The predicted octanol–water partition coefficient (Wildman–Crippen LogP) is 5.46. The van der Waals surface area contributed by atoms with Crippen LogP contribution in [0.25, 0.3) is 0 Å². The summed E-state index contributed by atoms with van der Waals surface area (Å²) in [6.45, 7) is 16.2. The SMILES string of the molecule is C=C(N=C(C)/C(=C\C)NC(=O)CCC)Nc1ccc(C(=S)NC(CCC)CCC)cc1[B]C. The molecule has 0 bridgehead atoms. The first-order chi connectivity index (χ1) is 15.8. The largest absolute Gasteiger partial charge is 0.373 e. The molecular formula is C26H40BN4OS. The summed E-state index contributed by atoms with van der Waals surface area (Å²) in [5.74, 6) is 0.487. The molecule has 1 radical (unpaired) electrons. The normalized spacial score (nSPS) is 11.8. The minimum atomic E-state index is -0.0122. The van der Waals surface area contributed by atoms with Crippen molar-refractivity contribution in [3.8, 4) is 0 Å². The fourth-order valence-electron chi connectivity index (χ4n) is 3.57. The molecule has 1 rings (SSSR count). The van der Waals surface area contributed by atoms with E-state index in [2.05, 4.69) is 47.4 Å². The molecule has 0 aliphatic carbocycles. The van der Waals surface area contributed by atoms with Gasteiger partial charge in [-0.05, 0) is 39.2 Å². The summed E-state index contributed by atoms with van der Waals surface area (Å²) in [5, 5.41) is 9.72. The van der Waals surface area contributed by atoms with E-state index in [0.29, 0.717) is 29.7 Å². The summed E-state index contributed by atoms with van der Waals surface area (Å²) >= 11 is 5.69. The number of carbonyl (C=O) groups excluding carboxylic acids is 1. The van der Waals surface area contributed by atoms with E-state index in [-0.39, 0.29) is 5.91 Å². The number of amides is 1. The first kappa shape index (κ1) is 28.6. The first-order valence-corrected chi connectivity index (χ1v) is 12.4. The van der Waals surface area contributed by atoms with Crippen molar-refractivity contribution in [3.05, 3.63) is 47.9 Å². The van der Waals surface area contributed by atoms with Crippen molar-refractivity contribution < 1.29 is 4.79 Å². The molecule has 0 unspecified atom stereocenters. The van der Waals surface area contributed by atoms with E-state index in [0.717, 1.165) is 53.8 Å². The Kier molecular flexibility index (Phi) is 13.4. The molecule has 0 saturated heterocycles. The van der Waals surface area contributed by atoms with Gasteiger partial charge >= 0.3 is 0 Å². The quantitative estimate of drug-likeness (QED) is 0.193. The van der Waals surface area contributed by atoms with Gasteiger partial charge in [0.25, 0.3) is 0 Å². The molecule has 0 heterocycles. The molecule has 0 fully saturated rings. The average Bonchev–Trinajstić information content (AvgIpc) is 2.77. The van der Waals surface area contributed by atoms with Gasteiger partial charge in [-0.3, -0.25) is 4.79 Å². The maximum Gasteiger partial charge on any atom is 0.224 e. The monoisotopic (exact) mass is 467 g/mol. The van der Waals surface area contributed by atoms with Crippen LogP contribution in [0.4, 0.5) is 5.69 Å². The Morgan fingerprint density at radius 2 is 1.88 bits per heavy atom. The van der Waals surface area contributed by atoms with Crippen molar-refractivity contribution in [2.45, 2.75) is 86.0 Å². The lowest BCUT2D eigenvalue weighted by molar-refractivity contribution is -0.120. The summed E-state index contributed by atoms with van der Waals surface area (Å²) in [6, 6.07) is 6.52. The van der Waals surface area contributed by atoms with Gasteiger partial charge in [-0.1, -0.05) is 82.9 Å². The number of allylic oxidation sites excluding steroid dienone is 2. The van der Waals surface area contributed by atoms with Crippen molar-refractivity contribution in [1.29, 1.82) is 0 Å². The molecule has 0 aliphatic heterocycles. The van der Waals surface area contributed by atoms with E-state index in [1.807, 2.05) is 53.1 Å². The summed E-state index contributed by atoms with van der Waals surface area (Å²) in [5.41, 5.74) is 4.32. The Hall–Kier alpha value is -2.41. The summed E-state index contributed by atoms with van der Waals surface area (Å²) in [7, 11) is 2.04. The lowest BCUT2D eigenvalue weighted by Crippen LogP contribution is -2.34. The summed E-state index contributed by atoms with van der Waals surface area (Å²) < 4.78 is 0. The van der Waals surface area contributed by atoms with Crippen LogP contribution < -0.4 is 21.4 Å². The lowest BCUT2D eigenvalue weighted by atomic mass is 9.72. The Balaban J connectivity index is 2.93. The van der Waals surface area contributed by atoms with Crippen molar-refractivity contribution in [3.63, 3.8) is 0 Å². The van der Waals surface area contributed by atoms with Gasteiger partial charge in [0.2, 0.25) is 5.91 Å². The lowest BCUT2D eigenvalue weighted by Gasteiger charge is -2.20. The smallest absolute Gasteiger partial charge is 0.224 e. The van der Waals surface area contributed by atoms with Crippen LogP contribution in [0.3, 0.4) is 0 Å². The molecule has 3 N–H and O–H groups in total. The number of nitrogens with zero attached hydrogens (tertiary/aromatic N) is 1. The third-order valence-electron chi connectivity index (χ3n) is 5.25. The number of nitrogens with one attached hydrogen (secondary N) is 3. The molecule has 0 saturated carbocycles. The second-order valence-corrected chi connectivity index (χ2v) is 8.52. The van der Waals surface area contributed by atoms with Crippen LogP contribution in [-0.2, 0) is 4.79 Å². The summed E-state index contributed by atoms with van der Waals surface area (Å²) in [4.78, 5) is 17.3. The molecule has 1 aromatic carbocycles. The third-order valence-corrected chi connectivity index (χ3v) is 5.60. The second-order valence-electron chi connectivity index (χ2n) is 8.11. The van der Waals surface area contributed by atoms with Gasteiger partial charge in [-0.2, -0.15) is 0 Å². The zero-order valence-corrected chi connectivity index (χ0v) is 22.0. The molecule has 179 valence electrons. The van der Waals surface area contributed by atoms with E-state index in [9.17, 15) is 4.79 Å². The molecule has 7 heteroatoms. The number of carbonyl (C=O) groups is 1. The van der Waals surface area contributed by atoms with Crippen LogP contribution >= 0.6 is 12.2 Å². The molecule has 1 amide bonds. The van der Waals surface area contributed by atoms with Gasteiger partial charge in [0.1, 0.15) is 10.8 Å². The standard InChI is InChI=1S/C26H40BN4OS/c1-8-12-21(13-9-2)30-26(33)20-15-16-24(22(17-20)27-7)29-19(6)28-18(5)23(11-4)31-25(32)14-10-3/h11,15-17,21,29H,6,8-10,12-14H2,1-5,7H3,(H,30,33)(H,31,32)/b23-11+,28-18?. The topological polar surface area (TPSA) is 65.5 Å². The van der Waals surface area contributed by atoms with Gasteiger partial charge in [-0.25, -0.2) is 4.99 Å². The Morgan fingerprint density at radius 3 is 2.42 bits per heavy atom. The summed E-state index contributed by atoms with van der Waals surface area (Å²) in [6.07, 6.45) is 7.64. The fraction of sp³-hybridized carbons (Fsp3) is 0.500. The maximum atomic E-state index is 11.9. The van der Waals surface area contributed by atoms with Crippen molar-refractivity contribution >= 4 is 47.3 Å². The van der Waals surface area contributed by atoms with Crippen molar-refractivity contribution in [2.24, 2.45) is 4.99 Å². The van der Waals surface area contributed by atoms with Gasteiger partial charge in [0, 0.05) is 23.7 Å². The van der Waals surface area contributed by atoms with Gasteiger partial charge in [-0.15, -0.1) is 0 Å². The zero-order valence-electron chi connectivity index (χ0n) is 21.2. The highest BCUT2D eigenvalue weighted by molar-refractivity contribution is 7.80. The van der Waals surface area contributed by atoms with Crippen LogP contribution in [0.15, 0.2) is 47.4 Å². The molecule has 1 aromatic rings. The number of benzene rings is 1. The Bertz CT molecular complexity index is 873. The molecule has 0 aromatic heterocycles. The van der Waals surface area contributed by atoms with Crippen LogP contribution in [0.5, 0.6) is 0 Å². The highest BCUT2D eigenvalue weighted by atomic mass is 32.1. The highest BCUT2D eigenvalue weighted by Gasteiger charge is 2.12. The molecule has 0 spiro atoms. The van der Waals surface area contributed by atoms with Crippen LogP contribution in [-0.4, -0.2) is 29.9 Å². The zero-order chi connectivity index (χ0) is 24.8. The van der Waals surface area contributed by atoms with Gasteiger partial charge in [0.15, 0.2) is 7.28 Å². The first-order valence-electron chi connectivity index (χ1n) is 12.0. The van der Waals surface area contributed by atoms with E-state index in [4.69, 9.17) is 12.2 Å². The van der Waals surface area contributed by atoms with E-state index < -0.39 is 0 Å². The van der Waals surface area contributed by atoms with Crippen molar-refractivity contribution in [2.75, 3.05) is 5.32 Å². The molecule has 0 atom stereocenters. The van der Waals surface area contributed by atoms with Crippen molar-refractivity contribution in [1.82, 2.24) is 10.6 Å². The Morgan fingerprint density at radius 1 is 1.21 bits per heavy atom. The number of hydrogen-bond acceptors (Lipinski definition) is 4. The minimum Gasteiger partial charge on any atom is -0.373 e. The third kappa shape index (κ3) is 9.95. The van der Waals surface area contributed by atoms with Crippen LogP contribution in [0, 0.1) is 0 Å². The second kappa shape index (κ2) is 15.4. The fourth-order valence-corrected chi connectivity index (χ4v) is 3.86. The number of aliphatic imine (C=N–C) groups is 1. The molecular weight excluding hydrogens is 427 g/mol. The highest BCUT2D eigenvalue weighted by Crippen LogP contribution is 2.13. The molecule has 0 aliphatic rings. The van der Waals surface area contributed by atoms with Crippen LogP contribution in [0.1, 0.15) is 78.7 Å². The number of anilines is 1. The van der Waals surface area contributed by atoms with Gasteiger partial charge in [0.05, 0.1) is 11.4 Å².